The van der Waals surface area contributed by atoms with Gasteiger partial charge in [-0.1, -0.05) is 12.1 Å². The van der Waals surface area contributed by atoms with Gasteiger partial charge in [-0.05, 0) is 36.4 Å². The second kappa shape index (κ2) is 7.56. The van der Waals surface area contributed by atoms with Crippen molar-refractivity contribution in [2.75, 3.05) is 28.7 Å². The molecule has 1 aliphatic heterocycles. The van der Waals surface area contributed by atoms with Crippen LogP contribution in [0.4, 0.5) is 21.9 Å². The molecular weight excluding hydrogens is 352 g/mol. The number of fused-ring (bicyclic) bond motifs is 1. The number of nitrogens with two attached hydrogens (primary N) is 1. The first-order valence-electron chi connectivity index (χ1n) is 7.97. The molecule has 0 saturated carbocycles. The number of para-hydroxylation sites is 2. The molecule has 0 saturated heterocycles. The number of nitrogens with one attached hydrogen (secondary N) is 2. The van der Waals surface area contributed by atoms with Crippen LogP contribution < -0.4 is 21.3 Å². The highest BCUT2D eigenvalue weighted by atomic mass is 16.5. The molecule has 138 valence electrons. The van der Waals surface area contributed by atoms with Crippen LogP contribution in [0.2, 0.25) is 0 Å². The lowest BCUT2D eigenvalue weighted by Gasteiger charge is -2.28. The smallest absolute Gasteiger partial charge is 0.338 e. The SMILES string of the molecule is NC(=O)Nc1ccc(C(=O)OCC(=O)N2CC(=O)Nc3ccccc32)cc1. The molecule has 0 aromatic heterocycles. The van der Waals surface area contributed by atoms with Gasteiger partial charge in [0, 0.05) is 5.69 Å². The molecule has 0 aliphatic carbocycles. The Kier molecular flexibility index (Phi) is 5.02. The van der Waals surface area contributed by atoms with E-state index < -0.39 is 24.5 Å². The van der Waals surface area contributed by atoms with Crippen LogP contribution in [-0.2, 0) is 14.3 Å². The summed E-state index contributed by atoms with van der Waals surface area (Å²) in [4.78, 5) is 48.3. The molecule has 1 aliphatic rings. The number of amides is 4. The summed E-state index contributed by atoms with van der Waals surface area (Å²) >= 11 is 0. The minimum Gasteiger partial charge on any atom is -0.452 e. The van der Waals surface area contributed by atoms with Crippen molar-refractivity contribution in [1.82, 2.24) is 0 Å². The van der Waals surface area contributed by atoms with Crippen LogP contribution >= 0.6 is 0 Å². The predicted molar refractivity (Wildman–Crippen MR) is 97.4 cm³/mol. The second-order valence-corrected chi connectivity index (χ2v) is 5.69. The number of ether oxygens (including phenoxy) is 1. The number of urea groups is 1. The van der Waals surface area contributed by atoms with Gasteiger partial charge in [0.2, 0.25) is 5.91 Å². The highest BCUT2D eigenvalue weighted by Crippen LogP contribution is 2.28. The van der Waals surface area contributed by atoms with Crippen LogP contribution in [0.15, 0.2) is 48.5 Å². The van der Waals surface area contributed by atoms with Gasteiger partial charge in [-0.3, -0.25) is 14.5 Å². The van der Waals surface area contributed by atoms with E-state index in [-0.39, 0.29) is 18.0 Å². The van der Waals surface area contributed by atoms with Gasteiger partial charge in [-0.15, -0.1) is 0 Å². The van der Waals surface area contributed by atoms with E-state index in [0.29, 0.717) is 17.1 Å². The van der Waals surface area contributed by atoms with E-state index in [4.69, 9.17) is 10.5 Å². The molecule has 4 N–H and O–H groups in total. The third-order valence-corrected chi connectivity index (χ3v) is 3.79. The number of anilines is 3. The molecule has 0 radical (unpaired) electrons. The summed E-state index contributed by atoms with van der Waals surface area (Å²) in [6.45, 7) is -0.664. The maximum absolute atomic E-state index is 12.4. The Morgan fingerprint density at radius 3 is 2.52 bits per heavy atom. The van der Waals surface area contributed by atoms with Gasteiger partial charge in [0.1, 0.15) is 6.54 Å². The van der Waals surface area contributed by atoms with Gasteiger partial charge in [0.25, 0.3) is 5.91 Å². The zero-order valence-corrected chi connectivity index (χ0v) is 14.1. The third-order valence-electron chi connectivity index (χ3n) is 3.79. The lowest BCUT2D eigenvalue weighted by molar-refractivity contribution is -0.124. The van der Waals surface area contributed by atoms with Crippen molar-refractivity contribution in [2.24, 2.45) is 5.73 Å². The van der Waals surface area contributed by atoms with E-state index in [1.807, 2.05) is 0 Å². The Morgan fingerprint density at radius 2 is 1.81 bits per heavy atom. The zero-order valence-electron chi connectivity index (χ0n) is 14.1. The van der Waals surface area contributed by atoms with E-state index in [1.165, 1.54) is 29.2 Å². The number of rotatable bonds is 4. The highest BCUT2D eigenvalue weighted by Gasteiger charge is 2.27. The Hall–Kier alpha value is -3.88. The number of carbonyl (C=O) groups excluding carboxylic acids is 4. The molecule has 0 fully saturated rings. The van der Waals surface area contributed by atoms with Gasteiger partial charge in [-0.2, -0.15) is 0 Å². The number of esters is 1. The quantitative estimate of drug-likeness (QED) is 0.701. The fourth-order valence-electron chi connectivity index (χ4n) is 2.58. The molecule has 2 aromatic rings. The lowest BCUT2D eigenvalue weighted by atomic mass is 10.2. The molecule has 0 atom stereocenters. The van der Waals surface area contributed by atoms with Crippen molar-refractivity contribution in [1.29, 1.82) is 0 Å². The number of hydrogen-bond acceptors (Lipinski definition) is 5. The lowest BCUT2D eigenvalue weighted by Crippen LogP contribution is -2.44. The average molecular weight is 368 g/mol. The molecule has 4 amide bonds. The Balaban J connectivity index is 1.63. The average Bonchev–Trinajstić information content (AvgIpc) is 2.65. The van der Waals surface area contributed by atoms with Crippen molar-refractivity contribution in [3.8, 4) is 0 Å². The normalized spacial score (nSPS) is 12.6. The van der Waals surface area contributed by atoms with E-state index in [9.17, 15) is 19.2 Å². The minimum absolute atomic E-state index is 0.152. The van der Waals surface area contributed by atoms with Crippen molar-refractivity contribution >= 4 is 40.9 Å². The van der Waals surface area contributed by atoms with Crippen molar-refractivity contribution in [3.05, 3.63) is 54.1 Å². The molecule has 2 aromatic carbocycles. The molecule has 0 unspecified atom stereocenters. The van der Waals surface area contributed by atoms with Gasteiger partial charge >= 0.3 is 12.0 Å². The van der Waals surface area contributed by atoms with E-state index in [0.717, 1.165) is 0 Å². The first kappa shape index (κ1) is 17.9. The summed E-state index contributed by atoms with van der Waals surface area (Å²) < 4.78 is 5.04. The summed E-state index contributed by atoms with van der Waals surface area (Å²) in [6.07, 6.45) is 0. The maximum atomic E-state index is 12.4. The monoisotopic (exact) mass is 368 g/mol. The fourth-order valence-corrected chi connectivity index (χ4v) is 2.58. The molecule has 9 heteroatoms. The standard InChI is InChI=1S/C18H16N4O5/c19-18(26)20-12-7-5-11(6-8-12)17(25)27-10-16(24)22-9-15(23)21-13-3-1-2-4-14(13)22/h1-8H,9-10H2,(H,21,23)(H3,19,20,26). The van der Waals surface area contributed by atoms with Crippen molar-refractivity contribution < 1.29 is 23.9 Å². The van der Waals surface area contributed by atoms with Crippen LogP contribution in [0.1, 0.15) is 10.4 Å². The van der Waals surface area contributed by atoms with E-state index >= 15 is 0 Å². The number of carbonyl (C=O) groups is 4. The van der Waals surface area contributed by atoms with Gasteiger partial charge in [-0.25, -0.2) is 9.59 Å². The van der Waals surface area contributed by atoms with Gasteiger partial charge in [0.05, 0.1) is 16.9 Å². The summed E-state index contributed by atoms with van der Waals surface area (Å²) in [5.74, 6) is -1.55. The zero-order chi connectivity index (χ0) is 19.4. The third kappa shape index (κ3) is 4.21. The maximum Gasteiger partial charge on any atom is 0.338 e. The van der Waals surface area contributed by atoms with E-state index in [1.54, 1.807) is 24.3 Å². The molecular formula is C18H16N4O5. The molecule has 0 spiro atoms. The van der Waals surface area contributed by atoms with Crippen molar-refractivity contribution in [2.45, 2.75) is 0 Å². The molecule has 1 heterocycles. The molecule has 0 bridgehead atoms. The summed E-state index contributed by atoms with van der Waals surface area (Å²) in [6, 6.07) is 12.0. The Labute approximate surface area is 154 Å². The highest BCUT2D eigenvalue weighted by molar-refractivity contribution is 6.10. The van der Waals surface area contributed by atoms with E-state index in [2.05, 4.69) is 10.6 Å². The van der Waals surface area contributed by atoms with Crippen LogP contribution in [0, 0.1) is 0 Å². The van der Waals surface area contributed by atoms with Crippen LogP contribution in [0.25, 0.3) is 0 Å². The number of hydrogen-bond donors (Lipinski definition) is 3. The first-order chi connectivity index (χ1) is 12.9. The summed E-state index contributed by atoms with van der Waals surface area (Å²) in [5, 5.41) is 5.04. The summed E-state index contributed by atoms with van der Waals surface area (Å²) in [5.41, 5.74) is 6.69. The van der Waals surface area contributed by atoms with Gasteiger partial charge in [0.15, 0.2) is 6.61 Å². The topological polar surface area (TPSA) is 131 Å². The van der Waals surface area contributed by atoms with Crippen molar-refractivity contribution in [3.63, 3.8) is 0 Å². The summed E-state index contributed by atoms with van der Waals surface area (Å²) in [7, 11) is 0. The largest absolute Gasteiger partial charge is 0.452 e. The first-order valence-corrected chi connectivity index (χ1v) is 7.97. The number of benzene rings is 2. The predicted octanol–water partition coefficient (Wildman–Crippen LogP) is 1.32. The fraction of sp³-hybridized carbons (Fsp3) is 0.111. The van der Waals surface area contributed by atoms with Crippen LogP contribution in [-0.4, -0.2) is 37.0 Å². The number of primary amides is 1. The second-order valence-electron chi connectivity index (χ2n) is 5.69. The molecule has 27 heavy (non-hydrogen) atoms. The Morgan fingerprint density at radius 1 is 1.11 bits per heavy atom. The van der Waals surface area contributed by atoms with Crippen LogP contribution in [0.3, 0.4) is 0 Å². The minimum atomic E-state index is -0.721. The Bertz CT molecular complexity index is 910. The van der Waals surface area contributed by atoms with Crippen LogP contribution in [0.5, 0.6) is 0 Å². The molecule has 9 nitrogen and oxygen atoms in total. The van der Waals surface area contributed by atoms with Gasteiger partial charge < -0.3 is 21.1 Å². The molecule has 3 rings (SSSR count). The number of nitrogens with zero attached hydrogens (tertiary/aromatic N) is 1.